The molecule has 68 valence electrons. The monoisotopic (exact) mass is 214 g/mol. The second-order valence-corrected chi connectivity index (χ2v) is 4.43. The molecule has 0 radical (unpaired) electrons. The molecule has 4 nitrogen and oxygen atoms in total. The molecular weight excluding hydrogens is 208 g/mol. The summed E-state index contributed by atoms with van der Waals surface area (Å²) in [4.78, 5) is 17.6. The van der Waals surface area contributed by atoms with Crippen molar-refractivity contribution in [1.82, 2.24) is 9.97 Å². The van der Waals surface area contributed by atoms with Crippen molar-refractivity contribution in [2.75, 3.05) is 6.26 Å². The smallest absolute Gasteiger partial charge is 0.253 e. The van der Waals surface area contributed by atoms with Gasteiger partial charge < -0.3 is 10.1 Å². The molecule has 0 saturated carbocycles. The van der Waals surface area contributed by atoms with Gasteiger partial charge in [0.15, 0.2) is 9.99 Å². The Kier molecular flexibility index (Phi) is 2.01. The van der Waals surface area contributed by atoms with Crippen LogP contribution in [0.2, 0.25) is 0 Å². The molecule has 2 heterocycles. The van der Waals surface area contributed by atoms with Crippen LogP contribution in [0.25, 0.3) is 10.3 Å². The fourth-order valence-electron chi connectivity index (χ4n) is 0.989. The SMILES string of the molecule is CSc1nc2[nH]c(=O)cc(O)c2s1. The minimum Gasteiger partial charge on any atom is -0.506 e. The fourth-order valence-corrected chi connectivity index (χ4v) is 2.42. The molecule has 0 bridgehead atoms. The zero-order valence-corrected chi connectivity index (χ0v) is 8.33. The molecule has 0 spiro atoms. The number of nitrogens with zero attached hydrogens (tertiary/aromatic N) is 1. The standard InChI is InChI=1S/C7H6N2O2S2/c1-12-7-9-6-5(13-7)3(10)2-4(11)8-6/h2H,1H3,(H2,8,10,11). The average molecular weight is 214 g/mol. The highest BCUT2D eigenvalue weighted by molar-refractivity contribution is 8.00. The summed E-state index contributed by atoms with van der Waals surface area (Å²) in [7, 11) is 0. The summed E-state index contributed by atoms with van der Waals surface area (Å²) in [5.41, 5.74) is 0.127. The normalized spacial score (nSPS) is 10.8. The Hall–Kier alpha value is -1.01. The van der Waals surface area contributed by atoms with Crippen molar-refractivity contribution in [3.05, 3.63) is 16.4 Å². The van der Waals surface area contributed by atoms with E-state index in [0.717, 1.165) is 10.4 Å². The summed E-state index contributed by atoms with van der Waals surface area (Å²) in [6.45, 7) is 0. The van der Waals surface area contributed by atoms with E-state index in [1.165, 1.54) is 23.1 Å². The van der Waals surface area contributed by atoms with Crippen molar-refractivity contribution in [1.29, 1.82) is 0 Å². The minimum absolute atomic E-state index is 0.00319. The number of aromatic nitrogens is 2. The minimum atomic E-state index is -0.331. The molecule has 0 amide bonds. The molecule has 0 fully saturated rings. The first-order valence-corrected chi connectivity index (χ1v) is 5.51. The van der Waals surface area contributed by atoms with Gasteiger partial charge in [-0.25, -0.2) is 4.98 Å². The van der Waals surface area contributed by atoms with Crippen LogP contribution < -0.4 is 5.56 Å². The van der Waals surface area contributed by atoms with E-state index in [0.29, 0.717) is 10.3 Å². The lowest BCUT2D eigenvalue weighted by atomic mass is 10.4. The molecule has 13 heavy (non-hydrogen) atoms. The van der Waals surface area contributed by atoms with Gasteiger partial charge in [0.2, 0.25) is 0 Å². The van der Waals surface area contributed by atoms with Gasteiger partial charge in [-0.15, -0.1) is 11.3 Å². The Bertz CT molecular complexity index is 503. The molecule has 2 N–H and O–H groups in total. The van der Waals surface area contributed by atoms with Gasteiger partial charge in [0.25, 0.3) is 5.56 Å². The maximum atomic E-state index is 10.9. The Labute approximate surface area is 81.6 Å². The van der Waals surface area contributed by atoms with Crippen LogP contribution in [0.15, 0.2) is 15.2 Å². The summed E-state index contributed by atoms with van der Waals surface area (Å²) in [6.07, 6.45) is 1.90. The molecule has 0 saturated heterocycles. The van der Waals surface area contributed by atoms with E-state index >= 15 is 0 Å². The number of hydrogen-bond acceptors (Lipinski definition) is 5. The zero-order valence-electron chi connectivity index (χ0n) is 6.70. The van der Waals surface area contributed by atoms with Gasteiger partial charge >= 0.3 is 0 Å². The summed E-state index contributed by atoms with van der Waals surface area (Å²) < 4.78 is 1.45. The molecule has 0 aliphatic rings. The molecule has 0 unspecified atom stereocenters. The van der Waals surface area contributed by atoms with Crippen LogP contribution in [0, 0.1) is 0 Å². The third kappa shape index (κ3) is 1.42. The van der Waals surface area contributed by atoms with E-state index < -0.39 is 0 Å². The van der Waals surface area contributed by atoms with Crippen LogP contribution in [-0.4, -0.2) is 21.3 Å². The highest BCUT2D eigenvalue weighted by Crippen LogP contribution is 2.31. The summed E-state index contributed by atoms with van der Waals surface area (Å²) in [5, 5.41) is 9.40. The van der Waals surface area contributed by atoms with Crippen LogP contribution >= 0.6 is 23.1 Å². The van der Waals surface area contributed by atoms with Crippen LogP contribution in [0.3, 0.4) is 0 Å². The first-order valence-electron chi connectivity index (χ1n) is 3.47. The highest BCUT2D eigenvalue weighted by Gasteiger charge is 2.07. The first-order chi connectivity index (χ1) is 6.20. The molecule has 0 aliphatic carbocycles. The van der Waals surface area contributed by atoms with Crippen LogP contribution in [-0.2, 0) is 0 Å². The van der Waals surface area contributed by atoms with Crippen molar-refractivity contribution in [2.45, 2.75) is 4.34 Å². The summed E-state index contributed by atoms with van der Waals surface area (Å²) in [5.74, 6) is -0.00319. The van der Waals surface area contributed by atoms with E-state index in [2.05, 4.69) is 9.97 Å². The van der Waals surface area contributed by atoms with Crippen molar-refractivity contribution in [2.24, 2.45) is 0 Å². The second-order valence-electron chi connectivity index (χ2n) is 2.38. The number of pyridine rings is 1. The van der Waals surface area contributed by atoms with Gasteiger partial charge in [0.1, 0.15) is 10.4 Å². The largest absolute Gasteiger partial charge is 0.506 e. The van der Waals surface area contributed by atoms with E-state index in [-0.39, 0.29) is 11.3 Å². The third-order valence-corrected chi connectivity index (χ3v) is 3.59. The average Bonchev–Trinajstić information content (AvgIpc) is 2.47. The maximum Gasteiger partial charge on any atom is 0.253 e. The topological polar surface area (TPSA) is 66.0 Å². The van der Waals surface area contributed by atoms with E-state index in [1.54, 1.807) is 0 Å². The lowest BCUT2D eigenvalue weighted by Crippen LogP contribution is -2.02. The van der Waals surface area contributed by atoms with Crippen molar-refractivity contribution < 1.29 is 5.11 Å². The number of H-pyrrole nitrogens is 1. The molecule has 2 aromatic heterocycles. The van der Waals surface area contributed by atoms with Gasteiger partial charge in [-0.05, 0) is 6.26 Å². The Morgan fingerprint density at radius 1 is 1.69 bits per heavy atom. The number of fused-ring (bicyclic) bond motifs is 1. The quantitative estimate of drug-likeness (QED) is 0.704. The number of aromatic hydroxyl groups is 1. The van der Waals surface area contributed by atoms with Crippen LogP contribution in [0.5, 0.6) is 5.75 Å². The van der Waals surface area contributed by atoms with Gasteiger partial charge in [-0.3, -0.25) is 4.79 Å². The predicted octanol–water partition coefficient (Wildman–Crippen LogP) is 1.41. The molecule has 2 aromatic rings. The fraction of sp³-hybridized carbons (Fsp3) is 0.143. The number of thioether (sulfide) groups is 1. The Morgan fingerprint density at radius 2 is 2.46 bits per heavy atom. The van der Waals surface area contributed by atoms with Crippen molar-refractivity contribution >= 4 is 33.4 Å². The highest BCUT2D eigenvalue weighted by atomic mass is 32.2. The number of thiazole rings is 1. The van der Waals surface area contributed by atoms with Crippen LogP contribution in [0.1, 0.15) is 0 Å². The number of rotatable bonds is 1. The number of hydrogen-bond donors (Lipinski definition) is 2. The predicted molar refractivity (Wildman–Crippen MR) is 53.7 cm³/mol. The molecule has 0 atom stereocenters. The lowest BCUT2D eigenvalue weighted by Gasteiger charge is -1.89. The summed E-state index contributed by atoms with van der Waals surface area (Å²) >= 11 is 2.85. The van der Waals surface area contributed by atoms with Gasteiger partial charge in [-0.1, -0.05) is 11.8 Å². The van der Waals surface area contributed by atoms with E-state index in [4.69, 9.17) is 0 Å². The first kappa shape index (κ1) is 8.58. The molecular formula is C7H6N2O2S2. The van der Waals surface area contributed by atoms with E-state index in [1.807, 2.05) is 6.26 Å². The van der Waals surface area contributed by atoms with Crippen molar-refractivity contribution in [3.63, 3.8) is 0 Å². The van der Waals surface area contributed by atoms with Crippen molar-refractivity contribution in [3.8, 4) is 5.75 Å². The molecule has 6 heteroatoms. The summed E-state index contributed by atoms with van der Waals surface area (Å²) in [6, 6.07) is 1.16. The maximum absolute atomic E-state index is 10.9. The van der Waals surface area contributed by atoms with Gasteiger partial charge in [-0.2, -0.15) is 0 Å². The zero-order chi connectivity index (χ0) is 9.42. The molecule has 0 aromatic carbocycles. The third-order valence-electron chi connectivity index (χ3n) is 1.52. The van der Waals surface area contributed by atoms with E-state index in [9.17, 15) is 9.90 Å². The van der Waals surface area contributed by atoms with Crippen LogP contribution in [0.4, 0.5) is 0 Å². The molecule has 0 aliphatic heterocycles. The lowest BCUT2D eigenvalue weighted by molar-refractivity contribution is 0.481. The van der Waals surface area contributed by atoms with Gasteiger partial charge in [0.05, 0.1) is 0 Å². The second kappa shape index (κ2) is 3.04. The Balaban J connectivity index is 2.83. The van der Waals surface area contributed by atoms with Gasteiger partial charge in [0, 0.05) is 6.07 Å². The number of nitrogens with one attached hydrogen (secondary N) is 1. The molecule has 2 rings (SSSR count). The number of aromatic amines is 1. The Morgan fingerprint density at radius 3 is 3.15 bits per heavy atom.